The number of halogens is 1. The third kappa shape index (κ3) is 2.82. The molecule has 4 heteroatoms. The zero-order valence-electron chi connectivity index (χ0n) is 4.85. The molecule has 0 aromatic heterocycles. The minimum atomic E-state index is -0.508. The normalized spacial score (nSPS) is 8.88. The monoisotopic (exact) mass is 137 g/mol. The average Bonchev–Trinajstić information content (AvgIpc) is 1.67. The van der Waals surface area contributed by atoms with Gasteiger partial charge in [-0.25, -0.2) is 0 Å². The molecule has 0 heterocycles. The Bertz CT molecular complexity index is 86.1. The lowest BCUT2D eigenvalue weighted by Gasteiger charge is -2.09. The molecule has 0 aliphatic carbocycles. The third-order valence-corrected chi connectivity index (χ3v) is 0.911. The highest BCUT2D eigenvalue weighted by Gasteiger charge is 2.00. The Balaban J connectivity index is 3.32. The summed E-state index contributed by atoms with van der Waals surface area (Å²) >= 11 is 5.01. The van der Waals surface area contributed by atoms with Gasteiger partial charge in [-0.2, -0.15) is 0 Å². The van der Waals surface area contributed by atoms with E-state index in [2.05, 4.69) is 4.74 Å². The van der Waals surface area contributed by atoms with Gasteiger partial charge in [-0.15, -0.1) is 0 Å². The molecule has 0 aromatic rings. The van der Waals surface area contributed by atoms with Crippen LogP contribution in [0.1, 0.15) is 0 Å². The zero-order chi connectivity index (χ0) is 6.57. The highest BCUT2D eigenvalue weighted by atomic mass is 35.5. The molecule has 0 radical (unpaired) electrons. The molecule has 0 saturated heterocycles. The lowest BCUT2D eigenvalue weighted by atomic mass is 10.9. The summed E-state index contributed by atoms with van der Waals surface area (Å²) in [7, 11) is 3.05. The lowest BCUT2D eigenvalue weighted by molar-refractivity contribution is 0.107. The Hall–Kier alpha value is -0.280. The average molecular weight is 138 g/mol. The summed E-state index contributed by atoms with van der Waals surface area (Å²) in [6.07, 6.45) is 0. The molecule has 0 bridgehead atoms. The molecule has 0 spiro atoms. The van der Waals surface area contributed by atoms with E-state index < -0.39 is 5.37 Å². The van der Waals surface area contributed by atoms with Crippen molar-refractivity contribution in [2.24, 2.45) is 0 Å². The number of hydrogen-bond donors (Lipinski definition) is 0. The van der Waals surface area contributed by atoms with E-state index in [9.17, 15) is 4.79 Å². The van der Waals surface area contributed by atoms with E-state index in [0.29, 0.717) is 0 Å². The van der Waals surface area contributed by atoms with Crippen LogP contribution < -0.4 is 0 Å². The highest BCUT2D eigenvalue weighted by molar-refractivity contribution is 6.62. The second-order valence-corrected chi connectivity index (χ2v) is 1.69. The van der Waals surface area contributed by atoms with Gasteiger partial charge in [0.1, 0.15) is 6.73 Å². The molecular formula is C4H8ClNO2. The Kier molecular flexibility index (Phi) is 3.56. The number of hydrogen-bond acceptors (Lipinski definition) is 2. The maximum absolute atomic E-state index is 10.1. The largest absolute Gasteiger partial charge is 0.364 e. The van der Waals surface area contributed by atoms with Crippen LogP contribution in [0.3, 0.4) is 0 Å². The van der Waals surface area contributed by atoms with E-state index in [1.54, 1.807) is 7.05 Å². The van der Waals surface area contributed by atoms with E-state index in [-0.39, 0.29) is 6.73 Å². The lowest BCUT2D eigenvalue weighted by Crippen LogP contribution is -2.22. The number of nitrogens with zero attached hydrogens (tertiary/aromatic N) is 1. The number of rotatable bonds is 2. The van der Waals surface area contributed by atoms with Crippen LogP contribution in [0.2, 0.25) is 0 Å². The molecule has 3 nitrogen and oxygen atoms in total. The number of carbonyl (C=O) groups is 1. The first-order valence-corrected chi connectivity index (χ1v) is 2.46. The number of methoxy groups -OCH3 is 1. The topological polar surface area (TPSA) is 29.5 Å². The Morgan fingerprint density at radius 2 is 2.38 bits per heavy atom. The van der Waals surface area contributed by atoms with Crippen molar-refractivity contribution in [3.63, 3.8) is 0 Å². The molecule has 0 aromatic carbocycles. The Morgan fingerprint density at radius 3 is 2.50 bits per heavy atom. The van der Waals surface area contributed by atoms with Crippen molar-refractivity contribution in [2.75, 3.05) is 20.9 Å². The zero-order valence-corrected chi connectivity index (χ0v) is 5.60. The van der Waals surface area contributed by atoms with Gasteiger partial charge in [0.2, 0.25) is 0 Å². The van der Waals surface area contributed by atoms with Crippen LogP contribution in [0.5, 0.6) is 0 Å². The summed E-state index contributed by atoms with van der Waals surface area (Å²) in [5.74, 6) is 0. The fourth-order valence-corrected chi connectivity index (χ4v) is 0.293. The summed E-state index contributed by atoms with van der Waals surface area (Å²) < 4.78 is 4.59. The predicted octanol–water partition coefficient (Wildman–Crippen LogP) is 0.881. The summed E-state index contributed by atoms with van der Waals surface area (Å²) in [6.45, 7) is 0.238. The quantitative estimate of drug-likeness (QED) is 0.321. The van der Waals surface area contributed by atoms with E-state index >= 15 is 0 Å². The standard InChI is InChI=1S/C4H8ClNO2/c1-6(3-8-2)4(5)7/h3H2,1-2H3. The van der Waals surface area contributed by atoms with Crippen molar-refractivity contribution < 1.29 is 9.53 Å². The molecule has 0 fully saturated rings. The maximum atomic E-state index is 10.1. The number of ether oxygens (including phenoxy) is 1. The van der Waals surface area contributed by atoms with Gasteiger partial charge in [-0.05, 0) is 11.6 Å². The molecule has 0 unspecified atom stereocenters. The second-order valence-electron chi connectivity index (χ2n) is 1.37. The van der Waals surface area contributed by atoms with Crippen LogP contribution in [-0.4, -0.2) is 31.2 Å². The van der Waals surface area contributed by atoms with Crippen LogP contribution >= 0.6 is 11.6 Å². The summed E-state index contributed by atoms with van der Waals surface area (Å²) in [6, 6.07) is 0. The van der Waals surface area contributed by atoms with Crippen molar-refractivity contribution >= 4 is 17.0 Å². The fourth-order valence-electron chi connectivity index (χ4n) is 0.244. The molecule has 0 N–H and O–H groups in total. The van der Waals surface area contributed by atoms with Gasteiger partial charge in [0, 0.05) is 14.2 Å². The first kappa shape index (κ1) is 7.72. The van der Waals surface area contributed by atoms with Crippen LogP contribution in [0.15, 0.2) is 0 Å². The summed E-state index contributed by atoms with van der Waals surface area (Å²) in [4.78, 5) is 11.4. The summed E-state index contributed by atoms with van der Waals surface area (Å²) in [5, 5.41) is -0.508. The Labute approximate surface area is 53.2 Å². The smallest absolute Gasteiger partial charge is 0.317 e. The molecule has 0 aliphatic heterocycles. The molecular weight excluding hydrogens is 130 g/mol. The van der Waals surface area contributed by atoms with Crippen LogP contribution in [0.25, 0.3) is 0 Å². The van der Waals surface area contributed by atoms with Gasteiger partial charge in [-0.3, -0.25) is 4.79 Å². The van der Waals surface area contributed by atoms with E-state index in [1.807, 2.05) is 0 Å². The van der Waals surface area contributed by atoms with Crippen molar-refractivity contribution in [3.8, 4) is 0 Å². The van der Waals surface area contributed by atoms with E-state index in [1.165, 1.54) is 12.0 Å². The van der Waals surface area contributed by atoms with Gasteiger partial charge >= 0.3 is 5.37 Å². The van der Waals surface area contributed by atoms with Gasteiger partial charge in [-0.1, -0.05) is 0 Å². The van der Waals surface area contributed by atoms with E-state index in [4.69, 9.17) is 11.6 Å². The highest BCUT2D eigenvalue weighted by Crippen LogP contribution is 1.89. The molecule has 48 valence electrons. The molecule has 8 heavy (non-hydrogen) atoms. The minimum Gasteiger partial charge on any atom is -0.364 e. The first-order valence-electron chi connectivity index (χ1n) is 2.08. The van der Waals surface area contributed by atoms with E-state index in [0.717, 1.165) is 0 Å². The molecule has 0 rings (SSSR count). The first-order chi connectivity index (χ1) is 3.68. The van der Waals surface area contributed by atoms with Crippen molar-refractivity contribution in [1.29, 1.82) is 0 Å². The van der Waals surface area contributed by atoms with Gasteiger partial charge in [0.05, 0.1) is 0 Å². The van der Waals surface area contributed by atoms with Crippen LogP contribution in [0, 0.1) is 0 Å². The van der Waals surface area contributed by atoms with Gasteiger partial charge < -0.3 is 9.64 Å². The fraction of sp³-hybridized carbons (Fsp3) is 0.750. The second kappa shape index (κ2) is 3.69. The van der Waals surface area contributed by atoms with Gasteiger partial charge in [0.15, 0.2) is 0 Å². The minimum absolute atomic E-state index is 0.238. The maximum Gasteiger partial charge on any atom is 0.317 e. The summed E-state index contributed by atoms with van der Waals surface area (Å²) in [5.41, 5.74) is 0. The molecule has 0 saturated carbocycles. The molecule has 0 aliphatic rings. The van der Waals surface area contributed by atoms with Crippen molar-refractivity contribution in [3.05, 3.63) is 0 Å². The van der Waals surface area contributed by atoms with Crippen LogP contribution in [-0.2, 0) is 4.74 Å². The van der Waals surface area contributed by atoms with Crippen molar-refractivity contribution in [2.45, 2.75) is 0 Å². The van der Waals surface area contributed by atoms with Gasteiger partial charge in [0.25, 0.3) is 0 Å². The molecule has 0 atom stereocenters. The van der Waals surface area contributed by atoms with Crippen molar-refractivity contribution in [1.82, 2.24) is 4.90 Å². The Morgan fingerprint density at radius 1 is 1.88 bits per heavy atom. The number of carbonyl (C=O) groups excluding carboxylic acids is 1. The van der Waals surface area contributed by atoms with Crippen LogP contribution in [0.4, 0.5) is 4.79 Å². The number of amides is 1. The molecule has 1 amide bonds. The SMILES string of the molecule is COCN(C)C(=O)Cl. The predicted molar refractivity (Wildman–Crippen MR) is 30.9 cm³/mol. The third-order valence-electron chi connectivity index (χ3n) is 0.623.